The van der Waals surface area contributed by atoms with Crippen molar-refractivity contribution in [2.75, 3.05) is 32.0 Å². The molecule has 2 aliphatic heterocycles. The van der Waals surface area contributed by atoms with Crippen molar-refractivity contribution >= 4 is 11.9 Å². The summed E-state index contributed by atoms with van der Waals surface area (Å²) in [5.41, 5.74) is 6.21. The van der Waals surface area contributed by atoms with Crippen LogP contribution in [0.1, 0.15) is 29.6 Å². The molecule has 1 aromatic heterocycles. The van der Waals surface area contributed by atoms with E-state index in [2.05, 4.69) is 9.97 Å². The molecule has 3 heterocycles. The van der Waals surface area contributed by atoms with Gasteiger partial charge in [0, 0.05) is 38.7 Å². The normalized spacial score (nSPS) is 21.8. The van der Waals surface area contributed by atoms with E-state index in [1.807, 2.05) is 4.90 Å². The molecule has 0 aliphatic carbocycles. The third kappa shape index (κ3) is 2.40. The summed E-state index contributed by atoms with van der Waals surface area (Å²) in [6.07, 6.45) is 6.17. The van der Waals surface area contributed by atoms with Crippen LogP contribution in [0.15, 0.2) is 12.4 Å². The molecule has 1 aromatic rings. The maximum absolute atomic E-state index is 12.4. The average molecular weight is 262 g/mol. The monoisotopic (exact) mass is 262 g/mol. The Kier molecular flexibility index (Phi) is 3.10. The number of anilines is 1. The zero-order chi connectivity index (χ0) is 13.3. The fourth-order valence-corrected chi connectivity index (χ4v) is 2.95. The first-order valence-corrected chi connectivity index (χ1v) is 6.63. The number of carbonyl (C=O) groups excluding carboxylic acids is 1. The van der Waals surface area contributed by atoms with Gasteiger partial charge in [-0.15, -0.1) is 0 Å². The van der Waals surface area contributed by atoms with Gasteiger partial charge in [-0.3, -0.25) is 4.79 Å². The summed E-state index contributed by atoms with van der Waals surface area (Å²) in [6, 6.07) is 0. The minimum absolute atomic E-state index is 0.00312. The summed E-state index contributed by atoms with van der Waals surface area (Å²) in [6.45, 7) is 3.25. The van der Waals surface area contributed by atoms with Gasteiger partial charge in [0.25, 0.3) is 5.91 Å². The minimum Gasteiger partial charge on any atom is -0.381 e. The van der Waals surface area contributed by atoms with Gasteiger partial charge in [0.1, 0.15) is 0 Å². The van der Waals surface area contributed by atoms with Gasteiger partial charge in [-0.25, -0.2) is 9.97 Å². The molecule has 0 aromatic carbocycles. The largest absolute Gasteiger partial charge is 0.381 e. The first kappa shape index (κ1) is 12.3. The van der Waals surface area contributed by atoms with Crippen molar-refractivity contribution in [1.82, 2.24) is 14.9 Å². The molecule has 0 saturated carbocycles. The average Bonchev–Trinajstić information content (AvgIpc) is 2.83. The van der Waals surface area contributed by atoms with Crippen molar-refractivity contribution in [1.29, 1.82) is 0 Å². The van der Waals surface area contributed by atoms with Crippen LogP contribution in [0.2, 0.25) is 0 Å². The number of hydrogen-bond acceptors (Lipinski definition) is 5. The highest BCUT2D eigenvalue weighted by atomic mass is 16.5. The maximum Gasteiger partial charge on any atom is 0.257 e. The number of amides is 1. The Hall–Kier alpha value is -1.69. The minimum atomic E-state index is 0.00312. The van der Waals surface area contributed by atoms with Crippen LogP contribution in [0.25, 0.3) is 0 Å². The molecule has 6 heteroatoms. The van der Waals surface area contributed by atoms with E-state index in [9.17, 15) is 4.79 Å². The Morgan fingerprint density at radius 1 is 1.26 bits per heavy atom. The smallest absolute Gasteiger partial charge is 0.257 e. The van der Waals surface area contributed by atoms with Gasteiger partial charge in [0.2, 0.25) is 5.95 Å². The van der Waals surface area contributed by atoms with Gasteiger partial charge in [0.15, 0.2) is 0 Å². The second-order valence-electron chi connectivity index (χ2n) is 5.42. The molecule has 102 valence electrons. The quantitative estimate of drug-likeness (QED) is 0.805. The lowest BCUT2D eigenvalue weighted by molar-refractivity contribution is 0.0191. The van der Waals surface area contributed by atoms with E-state index >= 15 is 0 Å². The van der Waals surface area contributed by atoms with E-state index in [-0.39, 0.29) is 17.3 Å². The number of nitrogens with zero attached hydrogens (tertiary/aromatic N) is 3. The van der Waals surface area contributed by atoms with E-state index in [0.717, 1.165) is 45.6 Å². The number of rotatable bonds is 1. The first-order chi connectivity index (χ1) is 9.19. The van der Waals surface area contributed by atoms with Crippen molar-refractivity contribution in [3.8, 4) is 0 Å². The first-order valence-electron chi connectivity index (χ1n) is 6.63. The standard InChI is InChI=1S/C13H18N4O2/c14-12-15-7-10(8-16-12)11(18)17-4-1-13(9-17)2-5-19-6-3-13/h7-8H,1-6,9H2,(H2,14,15,16). The Morgan fingerprint density at radius 2 is 1.95 bits per heavy atom. The van der Waals surface area contributed by atoms with E-state index in [1.165, 1.54) is 12.4 Å². The van der Waals surface area contributed by atoms with Crippen molar-refractivity contribution in [2.24, 2.45) is 5.41 Å². The van der Waals surface area contributed by atoms with E-state index < -0.39 is 0 Å². The lowest BCUT2D eigenvalue weighted by atomic mass is 9.80. The molecule has 0 atom stereocenters. The molecular weight excluding hydrogens is 244 g/mol. The molecule has 0 radical (unpaired) electrons. The fourth-order valence-electron chi connectivity index (χ4n) is 2.95. The highest BCUT2D eigenvalue weighted by Gasteiger charge is 2.41. The van der Waals surface area contributed by atoms with Crippen molar-refractivity contribution in [2.45, 2.75) is 19.3 Å². The second kappa shape index (κ2) is 4.77. The number of likely N-dealkylation sites (tertiary alicyclic amines) is 1. The number of nitrogens with two attached hydrogens (primary N) is 1. The predicted molar refractivity (Wildman–Crippen MR) is 69.5 cm³/mol. The molecule has 3 rings (SSSR count). The van der Waals surface area contributed by atoms with Gasteiger partial charge < -0.3 is 15.4 Å². The Bertz CT molecular complexity index is 468. The molecule has 2 aliphatic rings. The third-order valence-electron chi connectivity index (χ3n) is 4.20. The number of nitrogen functional groups attached to an aromatic ring is 1. The molecule has 2 fully saturated rings. The lowest BCUT2D eigenvalue weighted by Gasteiger charge is -2.33. The van der Waals surface area contributed by atoms with Crippen LogP contribution in [-0.4, -0.2) is 47.1 Å². The van der Waals surface area contributed by atoms with Gasteiger partial charge in [-0.2, -0.15) is 0 Å². The molecule has 2 saturated heterocycles. The second-order valence-corrected chi connectivity index (χ2v) is 5.42. The number of aromatic nitrogens is 2. The van der Waals surface area contributed by atoms with Crippen LogP contribution < -0.4 is 5.73 Å². The summed E-state index contributed by atoms with van der Waals surface area (Å²) in [5, 5.41) is 0. The maximum atomic E-state index is 12.4. The van der Waals surface area contributed by atoms with Gasteiger partial charge >= 0.3 is 0 Å². The topological polar surface area (TPSA) is 81.3 Å². The van der Waals surface area contributed by atoms with Crippen molar-refractivity contribution in [3.05, 3.63) is 18.0 Å². The van der Waals surface area contributed by atoms with Gasteiger partial charge in [0.05, 0.1) is 5.56 Å². The van der Waals surface area contributed by atoms with Gasteiger partial charge in [-0.05, 0) is 24.7 Å². The van der Waals surface area contributed by atoms with E-state index in [0.29, 0.717) is 5.56 Å². The number of hydrogen-bond donors (Lipinski definition) is 1. The van der Waals surface area contributed by atoms with Gasteiger partial charge in [-0.1, -0.05) is 0 Å². The molecular formula is C13H18N4O2. The summed E-state index contributed by atoms with van der Waals surface area (Å²) in [4.78, 5) is 22.0. The highest BCUT2D eigenvalue weighted by molar-refractivity contribution is 5.93. The number of carbonyl (C=O) groups is 1. The van der Waals surface area contributed by atoms with Crippen LogP contribution in [0.3, 0.4) is 0 Å². The van der Waals surface area contributed by atoms with Crippen LogP contribution in [0.4, 0.5) is 5.95 Å². The van der Waals surface area contributed by atoms with Crippen molar-refractivity contribution in [3.63, 3.8) is 0 Å². The van der Waals surface area contributed by atoms with E-state index in [4.69, 9.17) is 10.5 Å². The van der Waals surface area contributed by atoms with Crippen LogP contribution in [0, 0.1) is 5.41 Å². The SMILES string of the molecule is Nc1ncc(C(=O)N2CCC3(CCOCC3)C2)cn1. The molecule has 1 amide bonds. The molecule has 6 nitrogen and oxygen atoms in total. The Balaban J connectivity index is 1.70. The van der Waals surface area contributed by atoms with Crippen LogP contribution in [-0.2, 0) is 4.74 Å². The summed E-state index contributed by atoms with van der Waals surface area (Å²) >= 11 is 0. The molecule has 19 heavy (non-hydrogen) atoms. The highest BCUT2D eigenvalue weighted by Crippen LogP contribution is 2.39. The zero-order valence-corrected chi connectivity index (χ0v) is 10.8. The summed E-state index contributed by atoms with van der Waals surface area (Å²) < 4.78 is 5.41. The summed E-state index contributed by atoms with van der Waals surface area (Å²) in [5.74, 6) is 0.197. The third-order valence-corrected chi connectivity index (χ3v) is 4.20. The fraction of sp³-hybridized carbons (Fsp3) is 0.615. The van der Waals surface area contributed by atoms with Crippen LogP contribution in [0.5, 0.6) is 0 Å². The Labute approximate surface area is 112 Å². The number of ether oxygens (including phenoxy) is 1. The van der Waals surface area contributed by atoms with Crippen LogP contribution >= 0.6 is 0 Å². The van der Waals surface area contributed by atoms with E-state index in [1.54, 1.807) is 0 Å². The van der Waals surface area contributed by atoms with Crippen molar-refractivity contribution < 1.29 is 9.53 Å². The molecule has 0 bridgehead atoms. The Morgan fingerprint density at radius 3 is 2.63 bits per heavy atom. The lowest BCUT2D eigenvalue weighted by Crippen LogP contribution is -2.35. The molecule has 2 N–H and O–H groups in total. The summed E-state index contributed by atoms with van der Waals surface area (Å²) in [7, 11) is 0. The molecule has 1 spiro atoms. The molecule has 0 unspecified atom stereocenters. The predicted octanol–water partition coefficient (Wildman–Crippen LogP) is 0.702. The zero-order valence-electron chi connectivity index (χ0n) is 10.8.